The first-order chi connectivity index (χ1) is 14.4. The highest BCUT2D eigenvalue weighted by molar-refractivity contribution is 5.39. The van der Waals surface area contributed by atoms with Crippen molar-refractivity contribution in [3.63, 3.8) is 0 Å². The molecule has 3 saturated heterocycles. The molecule has 7 heteroatoms. The normalized spacial score (nSPS) is 25.7. The van der Waals surface area contributed by atoms with Crippen molar-refractivity contribution < 1.29 is 4.74 Å². The third kappa shape index (κ3) is 4.21. The number of hydrogen-bond acceptors (Lipinski definition) is 7. The molecular weight excluding hydrogens is 364 g/mol. The third-order valence-corrected chi connectivity index (χ3v) is 6.51. The summed E-state index contributed by atoms with van der Waals surface area (Å²) < 4.78 is 5.45. The summed E-state index contributed by atoms with van der Waals surface area (Å²) in [5, 5.41) is 0. The monoisotopic (exact) mass is 394 g/mol. The van der Waals surface area contributed by atoms with Gasteiger partial charge in [0.05, 0.1) is 13.2 Å². The van der Waals surface area contributed by atoms with Gasteiger partial charge in [-0.15, -0.1) is 0 Å². The Hall–Kier alpha value is -2.25. The van der Waals surface area contributed by atoms with Crippen molar-refractivity contribution in [3.8, 4) is 0 Å². The molecule has 0 radical (unpaired) electrons. The summed E-state index contributed by atoms with van der Waals surface area (Å²) in [5.74, 6) is 2.64. The van der Waals surface area contributed by atoms with E-state index >= 15 is 0 Å². The van der Waals surface area contributed by atoms with Crippen LogP contribution in [-0.2, 0) is 11.3 Å². The van der Waals surface area contributed by atoms with Gasteiger partial charge in [-0.25, -0.2) is 15.0 Å². The molecule has 0 saturated carbocycles. The number of aromatic nitrogens is 3. The summed E-state index contributed by atoms with van der Waals surface area (Å²) >= 11 is 0. The van der Waals surface area contributed by atoms with Gasteiger partial charge in [0.15, 0.2) is 0 Å². The number of pyridine rings is 1. The molecule has 0 bridgehead atoms. The van der Waals surface area contributed by atoms with Crippen LogP contribution in [-0.4, -0.2) is 71.8 Å². The van der Waals surface area contributed by atoms with E-state index in [2.05, 4.69) is 43.0 Å². The number of ether oxygens (including phenoxy) is 1. The van der Waals surface area contributed by atoms with Gasteiger partial charge in [-0.3, -0.25) is 4.90 Å². The van der Waals surface area contributed by atoms with Gasteiger partial charge in [0.25, 0.3) is 0 Å². The van der Waals surface area contributed by atoms with Crippen LogP contribution in [0.15, 0.2) is 36.8 Å². The van der Waals surface area contributed by atoms with Gasteiger partial charge in [-0.05, 0) is 43.0 Å². The molecule has 154 valence electrons. The van der Waals surface area contributed by atoms with Crippen molar-refractivity contribution in [2.45, 2.75) is 31.8 Å². The van der Waals surface area contributed by atoms with Gasteiger partial charge in [0, 0.05) is 57.4 Å². The molecule has 5 rings (SSSR count). The Morgan fingerprint density at radius 3 is 2.59 bits per heavy atom. The molecule has 7 nitrogen and oxygen atoms in total. The lowest BCUT2D eigenvalue weighted by Gasteiger charge is -2.30. The number of anilines is 2. The lowest BCUT2D eigenvalue weighted by molar-refractivity contribution is 0.122. The largest absolute Gasteiger partial charge is 0.378 e. The first kappa shape index (κ1) is 18.8. The molecule has 5 heterocycles. The van der Waals surface area contributed by atoms with Crippen molar-refractivity contribution in [1.82, 2.24) is 19.9 Å². The number of rotatable bonds is 4. The predicted molar refractivity (Wildman–Crippen MR) is 113 cm³/mol. The fraction of sp³-hybridized carbons (Fsp3) is 0.591. The summed E-state index contributed by atoms with van der Waals surface area (Å²) in [5.41, 5.74) is 1.30. The van der Waals surface area contributed by atoms with E-state index in [0.29, 0.717) is 12.0 Å². The number of likely N-dealkylation sites (tertiary alicyclic amines) is 1. The maximum absolute atomic E-state index is 5.45. The number of nitrogens with zero attached hydrogens (tertiary/aromatic N) is 6. The van der Waals surface area contributed by atoms with E-state index in [1.54, 1.807) is 0 Å². The summed E-state index contributed by atoms with van der Waals surface area (Å²) in [6.07, 6.45) is 9.66. The molecule has 2 atom stereocenters. The Labute approximate surface area is 172 Å². The van der Waals surface area contributed by atoms with E-state index in [1.807, 2.05) is 18.5 Å². The topological polar surface area (TPSA) is 57.6 Å². The lowest BCUT2D eigenvalue weighted by Crippen LogP contribution is -2.40. The van der Waals surface area contributed by atoms with Gasteiger partial charge < -0.3 is 14.5 Å². The van der Waals surface area contributed by atoms with Gasteiger partial charge >= 0.3 is 0 Å². The molecule has 2 aromatic heterocycles. The van der Waals surface area contributed by atoms with Crippen molar-refractivity contribution in [3.05, 3.63) is 42.4 Å². The molecule has 0 amide bonds. The summed E-state index contributed by atoms with van der Waals surface area (Å²) in [7, 11) is 0. The SMILES string of the molecule is c1cnc(N2C[C@@H]3CCCCN(Cc4ccc(N5CCOCC5)nc4)[C@@H]3C2)nc1. The molecule has 0 unspecified atom stereocenters. The van der Waals surface area contributed by atoms with Crippen LogP contribution in [0.3, 0.4) is 0 Å². The van der Waals surface area contributed by atoms with Gasteiger partial charge in [-0.1, -0.05) is 12.5 Å². The Balaban J connectivity index is 1.27. The van der Waals surface area contributed by atoms with Crippen molar-refractivity contribution in [1.29, 1.82) is 0 Å². The summed E-state index contributed by atoms with van der Waals surface area (Å²) in [6.45, 7) is 7.67. The zero-order valence-corrected chi connectivity index (χ0v) is 17.0. The van der Waals surface area contributed by atoms with Crippen molar-refractivity contribution in [2.24, 2.45) is 5.92 Å². The number of morpholine rings is 1. The molecule has 3 aliphatic heterocycles. The van der Waals surface area contributed by atoms with E-state index in [1.165, 1.54) is 24.8 Å². The maximum atomic E-state index is 5.45. The van der Waals surface area contributed by atoms with Crippen LogP contribution in [0.2, 0.25) is 0 Å². The second kappa shape index (κ2) is 8.63. The summed E-state index contributed by atoms with van der Waals surface area (Å²) in [4.78, 5) is 21.1. The van der Waals surface area contributed by atoms with E-state index in [-0.39, 0.29) is 0 Å². The van der Waals surface area contributed by atoms with Crippen molar-refractivity contribution in [2.75, 3.05) is 55.7 Å². The van der Waals surface area contributed by atoms with Crippen LogP contribution in [0, 0.1) is 5.92 Å². The fourth-order valence-electron chi connectivity index (χ4n) is 4.98. The van der Waals surface area contributed by atoms with Crippen LogP contribution >= 0.6 is 0 Å². The number of hydrogen-bond donors (Lipinski definition) is 0. The Kier molecular flexibility index (Phi) is 5.58. The standard InChI is InChI=1S/C22H30N6O/c1-2-9-27(15-18-5-6-21(25-14-18)26-10-12-29-13-11-26)20-17-28(16-19(20)4-1)22-23-7-3-8-24-22/h3,5-8,14,19-20H,1-2,4,9-13,15-17H2/t19-,20+/m0/s1. The molecule has 29 heavy (non-hydrogen) atoms. The van der Waals surface area contributed by atoms with Gasteiger partial charge in [0.1, 0.15) is 5.82 Å². The Morgan fingerprint density at radius 1 is 0.931 bits per heavy atom. The first-order valence-corrected chi connectivity index (χ1v) is 10.9. The zero-order valence-electron chi connectivity index (χ0n) is 17.0. The molecule has 2 aromatic rings. The van der Waals surface area contributed by atoms with E-state index in [9.17, 15) is 0 Å². The smallest absolute Gasteiger partial charge is 0.225 e. The van der Waals surface area contributed by atoms with Crippen LogP contribution < -0.4 is 9.80 Å². The minimum absolute atomic E-state index is 0.570. The second-order valence-electron chi connectivity index (χ2n) is 8.37. The van der Waals surface area contributed by atoms with Crippen LogP contribution in [0.5, 0.6) is 0 Å². The molecule has 0 aliphatic carbocycles. The first-order valence-electron chi connectivity index (χ1n) is 10.9. The van der Waals surface area contributed by atoms with Crippen LogP contribution in [0.4, 0.5) is 11.8 Å². The third-order valence-electron chi connectivity index (χ3n) is 6.51. The molecule has 3 aliphatic rings. The molecule has 0 N–H and O–H groups in total. The Morgan fingerprint density at radius 2 is 1.79 bits per heavy atom. The minimum atomic E-state index is 0.570. The highest BCUT2D eigenvalue weighted by atomic mass is 16.5. The molecule has 0 aromatic carbocycles. The van der Waals surface area contributed by atoms with Gasteiger partial charge in [-0.2, -0.15) is 0 Å². The quantitative estimate of drug-likeness (QED) is 0.788. The van der Waals surface area contributed by atoms with Crippen LogP contribution in [0.25, 0.3) is 0 Å². The molecule has 3 fully saturated rings. The average molecular weight is 395 g/mol. The van der Waals surface area contributed by atoms with Crippen LogP contribution in [0.1, 0.15) is 24.8 Å². The molecule has 0 spiro atoms. The van der Waals surface area contributed by atoms with E-state index < -0.39 is 0 Å². The van der Waals surface area contributed by atoms with Crippen molar-refractivity contribution >= 4 is 11.8 Å². The van der Waals surface area contributed by atoms with Gasteiger partial charge in [0.2, 0.25) is 5.95 Å². The molecular formula is C22H30N6O. The highest BCUT2D eigenvalue weighted by Gasteiger charge is 2.38. The Bertz CT molecular complexity index is 780. The predicted octanol–water partition coefficient (Wildman–Crippen LogP) is 2.20. The zero-order chi connectivity index (χ0) is 19.5. The number of fused-ring (bicyclic) bond motifs is 1. The van der Waals surface area contributed by atoms with E-state index in [0.717, 1.165) is 64.2 Å². The fourth-order valence-corrected chi connectivity index (χ4v) is 4.98. The van der Waals surface area contributed by atoms with E-state index in [4.69, 9.17) is 9.72 Å². The highest BCUT2D eigenvalue weighted by Crippen LogP contribution is 2.32. The maximum Gasteiger partial charge on any atom is 0.225 e. The average Bonchev–Trinajstić information content (AvgIpc) is 3.13. The summed E-state index contributed by atoms with van der Waals surface area (Å²) in [6, 6.07) is 6.89. The second-order valence-corrected chi connectivity index (χ2v) is 8.37. The minimum Gasteiger partial charge on any atom is -0.378 e. The lowest BCUT2D eigenvalue weighted by atomic mass is 9.98.